The number of hydrogen-bond acceptors (Lipinski definition) is 9. The Hall–Kier alpha value is -2.14. The highest BCUT2D eigenvalue weighted by Crippen LogP contribution is 2.45. The van der Waals surface area contributed by atoms with Crippen LogP contribution in [0.5, 0.6) is 0 Å². The SMILES string of the molecule is CC[C@@H]1C(=O)C(C)(C)[C@@H](O)CC(=O)O[C@H](C(F)=Cc2coc(CN)n2)C[C@@H]2O[C@]2(C)CCC[C@H](C)C1O. The molecule has 9 nitrogen and oxygen atoms in total. The Kier molecular flexibility index (Phi) is 9.32. The summed E-state index contributed by atoms with van der Waals surface area (Å²) in [6.07, 6.45) is 0.622. The largest absolute Gasteiger partial charge is 0.455 e. The van der Waals surface area contributed by atoms with Crippen LogP contribution in [0.15, 0.2) is 16.5 Å². The van der Waals surface area contributed by atoms with Crippen LogP contribution in [-0.4, -0.2) is 57.0 Å². The van der Waals surface area contributed by atoms with Crippen molar-refractivity contribution >= 4 is 17.8 Å². The standard InChI is InChI=1S/C27H41FN2O7/c1-6-17-24(33)15(2)8-7-9-27(5)21(37-27)11-19(18(28)10-16-14-35-22(13-29)30-16)36-23(32)12-20(31)26(3,4)25(17)34/h10,14-15,17,19-21,24,31,33H,6-9,11-13,29H2,1-5H3/t15-,17-,19-,20-,21-,24?,27+/m0/s1. The number of nitrogens with zero attached hydrogens (tertiary/aromatic N) is 1. The van der Waals surface area contributed by atoms with Crippen molar-refractivity contribution in [3.63, 3.8) is 0 Å². The number of ether oxygens (including phenoxy) is 2. The molecule has 0 aliphatic carbocycles. The van der Waals surface area contributed by atoms with Crippen molar-refractivity contribution in [2.24, 2.45) is 23.0 Å². The molecule has 208 valence electrons. The van der Waals surface area contributed by atoms with E-state index in [1.807, 2.05) is 20.8 Å². The van der Waals surface area contributed by atoms with E-state index in [9.17, 15) is 19.8 Å². The number of carbonyl (C=O) groups is 2. The van der Waals surface area contributed by atoms with Crippen molar-refractivity contribution in [3.8, 4) is 0 Å². The number of fused-ring (bicyclic) bond motifs is 1. The Morgan fingerprint density at radius 2 is 2.00 bits per heavy atom. The van der Waals surface area contributed by atoms with Gasteiger partial charge >= 0.3 is 5.97 Å². The lowest BCUT2D eigenvalue weighted by Crippen LogP contribution is -2.46. The molecule has 2 aliphatic heterocycles. The number of epoxide rings is 1. The van der Waals surface area contributed by atoms with Gasteiger partial charge in [-0.05, 0) is 32.1 Å². The van der Waals surface area contributed by atoms with E-state index < -0.39 is 53.5 Å². The average molecular weight is 525 g/mol. The number of halogens is 1. The van der Waals surface area contributed by atoms with Crippen LogP contribution in [-0.2, 0) is 25.6 Å². The molecule has 3 rings (SSSR count). The average Bonchev–Trinajstić information content (AvgIpc) is 3.24. The summed E-state index contributed by atoms with van der Waals surface area (Å²) in [6, 6.07) is 0. The van der Waals surface area contributed by atoms with Crippen LogP contribution >= 0.6 is 0 Å². The second kappa shape index (κ2) is 11.7. The molecular weight excluding hydrogens is 483 g/mol. The third-order valence-electron chi connectivity index (χ3n) is 8.01. The van der Waals surface area contributed by atoms with E-state index in [4.69, 9.17) is 19.6 Å². The maximum absolute atomic E-state index is 15.3. The van der Waals surface area contributed by atoms with Crippen molar-refractivity contribution in [2.45, 2.75) is 110 Å². The van der Waals surface area contributed by atoms with Crippen LogP contribution in [0.4, 0.5) is 4.39 Å². The number of Topliss-reactive ketones (excluding diaryl/α,β-unsaturated/α-hetero) is 1. The summed E-state index contributed by atoms with van der Waals surface area (Å²) in [5, 5.41) is 21.8. The molecule has 0 bridgehead atoms. The van der Waals surface area contributed by atoms with E-state index in [0.29, 0.717) is 19.3 Å². The Labute approximate surface area is 217 Å². The number of hydrogen-bond donors (Lipinski definition) is 3. The Bertz CT molecular complexity index is 993. The van der Waals surface area contributed by atoms with Gasteiger partial charge in [0.15, 0.2) is 6.10 Å². The Balaban J connectivity index is 1.87. The van der Waals surface area contributed by atoms with Crippen molar-refractivity contribution in [2.75, 3.05) is 0 Å². The lowest BCUT2D eigenvalue weighted by molar-refractivity contribution is -0.155. The van der Waals surface area contributed by atoms with E-state index in [1.54, 1.807) is 13.8 Å². The number of cyclic esters (lactones) is 1. The number of rotatable bonds is 4. The number of carbonyl (C=O) groups excluding carboxylic acids is 2. The normalized spacial score (nSPS) is 36.1. The van der Waals surface area contributed by atoms with Gasteiger partial charge in [-0.1, -0.05) is 34.1 Å². The van der Waals surface area contributed by atoms with Gasteiger partial charge in [0.25, 0.3) is 0 Å². The molecule has 1 unspecified atom stereocenters. The van der Waals surface area contributed by atoms with Gasteiger partial charge in [0, 0.05) is 18.4 Å². The van der Waals surface area contributed by atoms with E-state index in [2.05, 4.69) is 4.98 Å². The first kappa shape index (κ1) is 29.4. The lowest BCUT2D eigenvalue weighted by atomic mass is 9.71. The summed E-state index contributed by atoms with van der Waals surface area (Å²) in [7, 11) is 0. The van der Waals surface area contributed by atoms with Crippen molar-refractivity contribution in [1.82, 2.24) is 4.98 Å². The molecule has 37 heavy (non-hydrogen) atoms. The third kappa shape index (κ3) is 6.85. The van der Waals surface area contributed by atoms with Crippen molar-refractivity contribution < 1.29 is 38.1 Å². The van der Waals surface area contributed by atoms with Crippen LogP contribution in [0.25, 0.3) is 6.08 Å². The number of esters is 1. The highest BCUT2D eigenvalue weighted by Gasteiger charge is 2.53. The van der Waals surface area contributed by atoms with Crippen LogP contribution in [0.1, 0.15) is 84.7 Å². The molecule has 2 aliphatic rings. The van der Waals surface area contributed by atoms with Gasteiger partial charge in [0.05, 0.1) is 42.3 Å². The summed E-state index contributed by atoms with van der Waals surface area (Å²) in [6.45, 7) is 8.83. The third-order valence-corrected chi connectivity index (χ3v) is 8.01. The zero-order chi connectivity index (χ0) is 27.5. The molecule has 0 amide bonds. The summed E-state index contributed by atoms with van der Waals surface area (Å²) in [5.74, 6) is -2.49. The minimum Gasteiger partial charge on any atom is -0.455 e. The van der Waals surface area contributed by atoms with Gasteiger partial charge < -0.3 is 29.8 Å². The van der Waals surface area contributed by atoms with Crippen LogP contribution in [0, 0.1) is 17.3 Å². The predicted molar refractivity (Wildman–Crippen MR) is 133 cm³/mol. The molecule has 0 aromatic carbocycles. The molecule has 3 heterocycles. The first-order valence-corrected chi connectivity index (χ1v) is 13.1. The van der Waals surface area contributed by atoms with E-state index in [0.717, 1.165) is 12.5 Å². The van der Waals surface area contributed by atoms with E-state index >= 15 is 4.39 Å². The fourth-order valence-electron chi connectivity index (χ4n) is 5.13. The zero-order valence-corrected chi connectivity index (χ0v) is 22.4. The number of ketones is 1. The molecule has 4 N–H and O–H groups in total. The molecule has 1 aromatic rings. The number of oxazole rings is 1. The fourth-order valence-corrected chi connectivity index (χ4v) is 5.13. The predicted octanol–water partition coefficient (Wildman–Crippen LogP) is 3.46. The van der Waals surface area contributed by atoms with Gasteiger partial charge in [-0.15, -0.1) is 0 Å². The molecular formula is C27H41FN2O7. The highest BCUT2D eigenvalue weighted by molar-refractivity contribution is 5.88. The molecule has 2 saturated heterocycles. The van der Waals surface area contributed by atoms with Crippen LogP contribution in [0.3, 0.4) is 0 Å². The monoisotopic (exact) mass is 524 g/mol. The summed E-state index contributed by atoms with van der Waals surface area (Å²) < 4.78 is 31.9. The first-order valence-electron chi connectivity index (χ1n) is 13.1. The van der Waals surface area contributed by atoms with Gasteiger partial charge in [-0.2, -0.15) is 0 Å². The highest BCUT2D eigenvalue weighted by atomic mass is 19.1. The summed E-state index contributed by atoms with van der Waals surface area (Å²) >= 11 is 0. The minimum atomic E-state index is -1.38. The van der Waals surface area contributed by atoms with Gasteiger partial charge in [0.2, 0.25) is 5.89 Å². The minimum absolute atomic E-state index is 0.0586. The number of nitrogens with two attached hydrogens (primary N) is 1. The molecule has 0 saturated carbocycles. The van der Waals surface area contributed by atoms with Gasteiger partial charge in [0.1, 0.15) is 23.6 Å². The van der Waals surface area contributed by atoms with E-state index in [-0.39, 0.29) is 42.4 Å². The molecule has 0 radical (unpaired) electrons. The molecule has 2 fully saturated rings. The van der Waals surface area contributed by atoms with E-state index in [1.165, 1.54) is 6.26 Å². The van der Waals surface area contributed by atoms with Crippen LogP contribution in [0.2, 0.25) is 0 Å². The van der Waals surface area contributed by atoms with Crippen LogP contribution < -0.4 is 5.73 Å². The molecule has 1 aromatic heterocycles. The smallest absolute Gasteiger partial charge is 0.309 e. The fraction of sp³-hybridized carbons (Fsp3) is 0.741. The summed E-state index contributed by atoms with van der Waals surface area (Å²) in [5.41, 5.74) is 3.87. The second-order valence-electron chi connectivity index (χ2n) is 11.2. The van der Waals surface area contributed by atoms with Crippen molar-refractivity contribution in [3.05, 3.63) is 23.7 Å². The number of aliphatic hydroxyl groups is 2. The maximum Gasteiger partial charge on any atom is 0.309 e. The lowest BCUT2D eigenvalue weighted by Gasteiger charge is -2.35. The van der Waals surface area contributed by atoms with Crippen molar-refractivity contribution in [1.29, 1.82) is 0 Å². The van der Waals surface area contributed by atoms with Gasteiger partial charge in [-0.25, -0.2) is 9.37 Å². The molecule has 7 atom stereocenters. The topological polar surface area (TPSA) is 148 Å². The maximum atomic E-state index is 15.3. The number of aromatic nitrogens is 1. The quantitative estimate of drug-likeness (QED) is 0.398. The van der Waals surface area contributed by atoms with Gasteiger partial charge in [-0.3, -0.25) is 9.59 Å². The molecule has 0 spiro atoms. The summed E-state index contributed by atoms with van der Waals surface area (Å²) in [4.78, 5) is 30.3. The second-order valence-corrected chi connectivity index (χ2v) is 11.2. The first-order chi connectivity index (χ1) is 17.3. The molecule has 10 heteroatoms. The Morgan fingerprint density at radius 3 is 2.62 bits per heavy atom. The Morgan fingerprint density at radius 1 is 1.30 bits per heavy atom. The zero-order valence-electron chi connectivity index (χ0n) is 22.4. The number of aliphatic hydroxyl groups excluding tert-OH is 2.